The maximum Gasteiger partial charge on any atom is 0.240 e. The quantitative estimate of drug-likeness (QED) is 0.734. The van der Waals surface area contributed by atoms with Crippen LogP contribution in [0.2, 0.25) is 0 Å². The molecule has 1 aliphatic rings. The van der Waals surface area contributed by atoms with Gasteiger partial charge in [0.05, 0.1) is 17.6 Å². The van der Waals surface area contributed by atoms with Crippen LogP contribution >= 0.6 is 0 Å². The van der Waals surface area contributed by atoms with Crippen molar-refractivity contribution in [2.45, 2.75) is 63.5 Å². The number of benzene rings is 1. The Kier molecular flexibility index (Phi) is 5.51. The molecule has 0 radical (unpaired) electrons. The fourth-order valence-corrected chi connectivity index (χ4v) is 4.08. The minimum atomic E-state index is -3.71. The van der Waals surface area contributed by atoms with E-state index in [1.165, 1.54) is 5.56 Å². The first-order chi connectivity index (χ1) is 10.6. The largest absolute Gasteiger partial charge is 0.395 e. The first kappa shape index (κ1) is 18.4. The van der Waals surface area contributed by atoms with E-state index in [0.29, 0.717) is 0 Å². The molecule has 2 rings (SSSR count). The lowest BCUT2D eigenvalue weighted by atomic mass is 9.86. The molecule has 0 saturated carbocycles. The summed E-state index contributed by atoms with van der Waals surface area (Å²) in [5, 5.41) is 19.6. The van der Waals surface area contributed by atoms with Crippen LogP contribution in [0.5, 0.6) is 0 Å². The van der Waals surface area contributed by atoms with E-state index in [-0.39, 0.29) is 23.3 Å². The Morgan fingerprint density at radius 1 is 1.22 bits per heavy atom. The van der Waals surface area contributed by atoms with Crippen LogP contribution in [0.1, 0.15) is 44.7 Å². The lowest BCUT2D eigenvalue weighted by molar-refractivity contribution is 0.0420. The van der Waals surface area contributed by atoms with Crippen LogP contribution < -0.4 is 4.72 Å². The number of hydrogen-bond donors (Lipinski definition) is 3. The zero-order chi connectivity index (χ0) is 17.3. The first-order valence-corrected chi connectivity index (χ1v) is 9.55. The van der Waals surface area contributed by atoms with E-state index < -0.39 is 22.2 Å². The normalized spacial score (nSPS) is 17.8. The van der Waals surface area contributed by atoms with Crippen molar-refractivity contribution in [3.05, 3.63) is 29.3 Å². The summed E-state index contributed by atoms with van der Waals surface area (Å²) in [5.74, 6) is 0. The van der Waals surface area contributed by atoms with Crippen LogP contribution in [0.4, 0.5) is 0 Å². The molecule has 0 aromatic heterocycles. The molecule has 0 heterocycles. The topological polar surface area (TPSA) is 86.6 Å². The summed E-state index contributed by atoms with van der Waals surface area (Å²) in [7, 11) is -3.71. The second kappa shape index (κ2) is 6.89. The molecule has 0 spiro atoms. The SMILES string of the molecule is CC(C)(C)[C@@H](O)C[C@H](CO)NS(=O)(=O)c1ccc2c(c1)CCC2. The van der Waals surface area contributed by atoms with Crippen molar-refractivity contribution in [1.29, 1.82) is 0 Å². The summed E-state index contributed by atoms with van der Waals surface area (Å²) in [6.45, 7) is 5.28. The summed E-state index contributed by atoms with van der Waals surface area (Å²) in [4.78, 5) is 0.224. The fourth-order valence-electron chi connectivity index (χ4n) is 2.79. The number of aliphatic hydroxyl groups is 2. The van der Waals surface area contributed by atoms with Gasteiger partial charge in [0.15, 0.2) is 0 Å². The van der Waals surface area contributed by atoms with E-state index in [9.17, 15) is 18.6 Å². The number of hydrogen-bond acceptors (Lipinski definition) is 4. The summed E-state index contributed by atoms with van der Waals surface area (Å²) in [5.41, 5.74) is 1.93. The number of sulfonamides is 1. The average molecular weight is 341 g/mol. The Morgan fingerprint density at radius 3 is 2.48 bits per heavy atom. The predicted octanol–water partition coefficient (Wildman–Crippen LogP) is 1.61. The summed E-state index contributed by atoms with van der Waals surface area (Å²) in [6.07, 6.45) is 2.43. The highest BCUT2D eigenvalue weighted by molar-refractivity contribution is 7.89. The second-order valence-electron chi connectivity index (χ2n) is 7.40. The van der Waals surface area contributed by atoms with Crippen molar-refractivity contribution in [3.63, 3.8) is 0 Å². The Hall–Kier alpha value is -0.950. The van der Waals surface area contributed by atoms with Gasteiger partial charge in [-0.3, -0.25) is 0 Å². The van der Waals surface area contributed by atoms with Gasteiger partial charge in [0.1, 0.15) is 0 Å². The van der Waals surface area contributed by atoms with E-state index in [0.717, 1.165) is 24.8 Å². The zero-order valence-corrected chi connectivity index (χ0v) is 14.9. The molecule has 1 aromatic carbocycles. The number of aliphatic hydroxyl groups excluding tert-OH is 2. The Labute approximate surface area is 138 Å². The molecule has 23 heavy (non-hydrogen) atoms. The average Bonchev–Trinajstić information content (AvgIpc) is 2.92. The van der Waals surface area contributed by atoms with Gasteiger partial charge in [-0.1, -0.05) is 26.8 Å². The van der Waals surface area contributed by atoms with Gasteiger partial charge in [-0.15, -0.1) is 0 Å². The Bertz CT molecular complexity index is 649. The highest BCUT2D eigenvalue weighted by atomic mass is 32.2. The zero-order valence-electron chi connectivity index (χ0n) is 14.0. The monoisotopic (exact) mass is 341 g/mol. The number of nitrogens with one attached hydrogen (secondary N) is 1. The molecule has 5 nitrogen and oxygen atoms in total. The molecular formula is C17H27NO4S. The molecule has 0 unspecified atom stereocenters. The van der Waals surface area contributed by atoms with Crippen molar-refractivity contribution in [1.82, 2.24) is 4.72 Å². The molecular weight excluding hydrogens is 314 g/mol. The minimum Gasteiger partial charge on any atom is -0.395 e. The second-order valence-corrected chi connectivity index (χ2v) is 9.12. The molecule has 0 aliphatic heterocycles. The smallest absolute Gasteiger partial charge is 0.240 e. The van der Waals surface area contributed by atoms with Crippen molar-refractivity contribution in [3.8, 4) is 0 Å². The maximum absolute atomic E-state index is 12.5. The van der Waals surface area contributed by atoms with Crippen molar-refractivity contribution in [2.75, 3.05) is 6.61 Å². The van der Waals surface area contributed by atoms with E-state index in [2.05, 4.69) is 4.72 Å². The van der Waals surface area contributed by atoms with Crippen molar-refractivity contribution < 1.29 is 18.6 Å². The third-order valence-electron chi connectivity index (χ3n) is 4.43. The van der Waals surface area contributed by atoms with Gasteiger partial charge in [0.25, 0.3) is 0 Å². The third kappa shape index (κ3) is 4.53. The van der Waals surface area contributed by atoms with E-state index in [1.807, 2.05) is 26.8 Å². The standard InChI is InChI=1S/C17H27NO4S/c1-17(2,3)16(20)10-14(11-19)18-23(21,22)15-8-7-12-5-4-6-13(12)9-15/h7-9,14,16,18-20H,4-6,10-11H2,1-3H3/t14-,16+/m1/s1. The highest BCUT2D eigenvalue weighted by Gasteiger charge is 2.28. The molecule has 1 aromatic rings. The van der Waals surface area contributed by atoms with Crippen molar-refractivity contribution in [2.24, 2.45) is 5.41 Å². The molecule has 6 heteroatoms. The first-order valence-electron chi connectivity index (χ1n) is 8.06. The van der Waals surface area contributed by atoms with Crippen molar-refractivity contribution >= 4 is 10.0 Å². The Balaban J connectivity index is 2.13. The van der Waals surface area contributed by atoms with E-state index in [1.54, 1.807) is 12.1 Å². The molecule has 1 aliphatic carbocycles. The van der Waals surface area contributed by atoms with E-state index >= 15 is 0 Å². The number of fused-ring (bicyclic) bond motifs is 1. The van der Waals surface area contributed by atoms with Crippen LogP contribution in [-0.2, 0) is 22.9 Å². The maximum atomic E-state index is 12.5. The minimum absolute atomic E-state index is 0.171. The lowest BCUT2D eigenvalue weighted by Gasteiger charge is -2.29. The number of rotatable bonds is 6. The highest BCUT2D eigenvalue weighted by Crippen LogP contribution is 2.26. The van der Waals surface area contributed by atoms with Crippen LogP contribution in [0, 0.1) is 5.41 Å². The molecule has 3 N–H and O–H groups in total. The van der Waals surface area contributed by atoms with Gasteiger partial charge in [-0.05, 0) is 54.4 Å². The van der Waals surface area contributed by atoms with Crippen LogP contribution in [0.3, 0.4) is 0 Å². The summed E-state index contributed by atoms with van der Waals surface area (Å²) >= 11 is 0. The molecule has 0 saturated heterocycles. The van der Waals surface area contributed by atoms with Gasteiger partial charge < -0.3 is 10.2 Å². The lowest BCUT2D eigenvalue weighted by Crippen LogP contribution is -2.42. The fraction of sp³-hybridized carbons (Fsp3) is 0.647. The molecule has 130 valence electrons. The molecule has 0 fully saturated rings. The van der Waals surface area contributed by atoms with Crippen LogP contribution in [0.15, 0.2) is 23.1 Å². The molecule has 0 amide bonds. The van der Waals surface area contributed by atoms with Gasteiger partial charge in [0, 0.05) is 6.04 Å². The van der Waals surface area contributed by atoms with Gasteiger partial charge in [0.2, 0.25) is 10.0 Å². The molecule has 0 bridgehead atoms. The summed E-state index contributed by atoms with van der Waals surface area (Å²) < 4.78 is 27.6. The van der Waals surface area contributed by atoms with Gasteiger partial charge in [-0.25, -0.2) is 13.1 Å². The van der Waals surface area contributed by atoms with Crippen LogP contribution in [-0.4, -0.2) is 37.4 Å². The molecule has 2 atom stereocenters. The van der Waals surface area contributed by atoms with Crippen LogP contribution in [0.25, 0.3) is 0 Å². The summed E-state index contributed by atoms with van der Waals surface area (Å²) in [6, 6.07) is 4.50. The van der Waals surface area contributed by atoms with E-state index in [4.69, 9.17) is 0 Å². The number of aryl methyl sites for hydroxylation is 2. The van der Waals surface area contributed by atoms with Gasteiger partial charge >= 0.3 is 0 Å². The Morgan fingerprint density at radius 2 is 1.87 bits per heavy atom. The van der Waals surface area contributed by atoms with Gasteiger partial charge in [-0.2, -0.15) is 0 Å². The predicted molar refractivity (Wildman–Crippen MR) is 89.7 cm³/mol. The third-order valence-corrected chi connectivity index (χ3v) is 5.95.